The van der Waals surface area contributed by atoms with E-state index < -0.39 is 10.8 Å². The van der Waals surface area contributed by atoms with Gasteiger partial charge in [0, 0.05) is 53.7 Å². The molecule has 0 bridgehead atoms. The number of benzene rings is 2. The summed E-state index contributed by atoms with van der Waals surface area (Å²) in [4.78, 5) is 14.4. The first-order valence-corrected chi connectivity index (χ1v) is 9.63. The van der Waals surface area contributed by atoms with Crippen LogP contribution in [0.3, 0.4) is 0 Å². The number of carbonyl (C=O) groups is 1. The molecule has 0 spiro atoms. The van der Waals surface area contributed by atoms with Crippen molar-refractivity contribution in [3.05, 3.63) is 65.2 Å². The fraction of sp³-hybridized carbons (Fsp3) is 0.316. The zero-order valence-corrected chi connectivity index (χ0v) is 14.6. The number of likely N-dealkylation sites (N-methyl/N-ethyl adjacent to an activating group) is 1. The third-order valence-electron chi connectivity index (χ3n) is 4.26. The Hall–Kier alpha value is -2.14. The molecule has 24 heavy (non-hydrogen) atoms. The molecule has 1 heterocycles. The highest BCUT2D eigenvalue weighted by molar-refractivity contribution is 7.84. The molecule has 1 unspecified atom stereocenters. The van der Waals surface area contributed by atoms with Crippen molar-refractivity contribution in [2.75, 3.05) is 30.8 Å². The van der Waals surface area contributed by atoms with Gasteiger partial charge in [-0.3, -0.25) is 9.00 Å². The largest absolute Gasteiger partial charge is 0.374 e. The van der Waals surface area contributed by atoms with E-state index in [-0.39, 0.29) is 5.91 Å². The van der Waals surface area contributed by atoms with Gasteiger partial charge in [0.15, 0.2) is 0 Å². The minimum absolute atomic E-state index is 0.102. The van der Waals surface area contributed by atoms with Crippen molar-refractivity contribution in [3.8, 4) is 0 Å². The Morgan fingerprint density at radius 3 is 2.79 bits per heavy atom. The van der Waals surface area contributed by atoms with Gasteiger partial charge in [-0.1, -0.05) is 36.4 Å². The van der Waals surface area contributed by atoms with Gasteiger partial charge in [-0.05, 0) is 29.7 Å². The first-order chi connectivity index (χ1) is 11.6. The number of nitrogens with zero attached hydrogens (tertiary/aromatic N) is 1. The van der Waals surface area contributed by atoms with Crippen molar-refractivity contribution < 1.29 is 9.00 Å². The maximum Gasteiger partial charge on any atom is 0.251 e. The first kappa shape index (κ1) is 16.7. The second-order valence-electron chi connectivity index (χ2n) is 6.04. The molecule has 1 amide bonds. The normalized spacial score (nSPS) is 14.3. The van der Waals surface area contributed by atoms with Crippen molar-refractivity contribution in [2.45, 2.75) is 12.2 Å². The van der Waals surface area contributed by atoms with Gasteiger partial charge >= 0.3 is 0 Å². The van der Waals surface area contributed by atoms with Gasteiger partial charge in [-0.2, -0.15) is 0 Å². The van der Waals surface area contributed by atoms with Gasteiger partial charge in [0.1, 0.15) is 0 Å². The van der Waals surface area contributed by atoms with Crippen molar-refractivity contribution in [2.24, 2.45) is 0 Å². The van der Waals surface area contributed by atoms with E-state index in [4.69, 9.17) is 0 Å². The van der Waals surface area contributed by atoms with Crippen LogP contribution in [0.1, 0.15) is 21.5 Å². The Labute approximate surface area is 145 Å². The summed E-state index contributed by atoms with van der Waals surface area (Å²) in [6.45, 7) is 1.42. The van der Waals surface area contributed by atoms with Crippen LogP contribution in [0.15, 0.2) is 48.5 Å². The highest BCUT2D eigenvalue weighted by Gasteiger charge is 2.17. The molecule has 0 saturated carbocycles. The van der Waals surface area contributed by atoms with E-state index >= 15 is 0 Å². The fourth-order valence-corrected chi connectivity index (χ4v) is 3.93. The lowest BCUT2D eigenvalue weighted by atomic mass is 10.1. The zero-order valence-electron chi connectivity index (χ0n) is 13.8. The van der Waals surface area contributed by atoms with Crippen LogP contribution in [0.5, 0.6) is 0 Å². The van der Waals surface area contributed by atoms with E-state index in [9.17, 15) is 9.00 Å². The van der Waals surface area contributed by atoms with Crippen LogP contribution in [0.2, 0.25) is 0 Å². The Balaban J connectivity index is 1.49. The number of hydrogen-bond donors (Lipinski definition) is 1. The predicted molar refractivity (Wildman–Crippen MR) is 98.9 cm³/mol. The summed E-state index contributed by atoms with van der Waals surface area (Å²) < 4.78 is 12.1. The number of nitrogens with one attached hydrogen (secondary N) is 1. The van der Waals surface area contributed by atoms with Crippen molar-refractivity contribution >= 4 is 22.4 Å². The van der Waals surface area contributed by atoms with Crippen LogP contribution in [0.25, 0.3) is 0 Å². The second kappa shape index (κ2) is 7.62. The lowest BCUT2D eigenvalue weighted by Crippen LogP contribution is -2.28. The predicted octanol–water partition coefficient (Wildman–Crippen LogP) is 2.36. The monoisotopic (exact) mass is 342 g/mol. The average Bonchev–Trinajstić information content (AvgIpc) is 2.96. The standard InChI is InChI=1S/C19H22N2O2S/c1-21-11-9-16-7-8-17(13-18(16)21)19(22)20-10-12-24(23)14-15-5-3-2-4-6-15/h2-8,13H,9-12,14H2,1H3,(H,20,22). The molecule has 3 rings (SSSR count). The van der Waals surface area contributed by atoms with E-state index in [1.54, 1.807) is 0 Å². The van der Waals surface area contributed by atoms with Crippen LogP contribution in [0.4, 0.5) is 5.69 Å². The number of anilines is 1. The maximum atomic E-state index is 12.3. The summed E-state index contributed by atoms with van der Waals surface area (Å²) in [5.74, 6) is 0.890. The van der Waals surface area contributed by atoms with E-state index in [0.717, 1.165) is 24.2 Å². The molecule has 0 aliphatic carbocycles. The molecule has 1 N–H and O–H groups in total. The number of rotatable bonds is 6. The maximum absolute atomic E-state index is 12.3. The summed E-state index contributed by atoms with van der Waals surface area (Å²) in [7, 11) is 1.07. The highest BCUT2D eigenvalue weighted by Crippen LogP contribution is 2.27. The summed E-state index contributed by atoms with van der Waals surface area (Å²) in [6, 6.07) is 15.6. The molecular weight excluding hydrogens is 320 g/mol. The average molecular weight is 342 g/mol. The SMILES string of the molecule is CN1CCc2ccc(C(=O)NCCS(=O)Cc3ccccc3)cc21. The number of amides is 1. The van der Waals surface area contributed by atoms with Crippen LogP contribution in [-0.2, 0) is 23.0 Å². The van der Waals surface area contributed by atoms with Gasteiger partial charge in [-0.25, -0.2) is 0 Å². The van der Waals surface area contributed by atoms with Crippen LogP contribution in [-0.4, -0.2) is 36.0 Å². The summed E-state index contributed by atoms with van der Waals surface area (Å²) >= 11 is 0. The Kier molecular flexibility index (Phi) is 5.30. The molecule has 0 saturated heterocycles. The second-order valence-corrected chi connectivity index (χ2v) is 7.62. The van der Waals surface area contributed by atoms with E-state index in [1.807, 2.05) is 55.6 Å². The van der Waals surface area contributed by atoms with Gasteiger partial charge < -0.3 is 10.2 Å². The van der Waals surface area contributed by atoms with Crippen LogP contribution < -0.4 is 10.2 Å². The Bertz CT molecular complexity index is 746. The molecule has 126 valence electrons. The fourth-order valence-electron chi connectivity index (χ4n) is 2.89. The summed E-state index contributed by atoms with van der Waals surface area (Å²) in [6.07, 6.45) is 1.03. The molecule has 0 fully saturated rings. The lowest BCUT2D eigenvalue weighted by Gasteiger charge is -2.13. The van der Waals surface area contributed by atoms with Gasteiger partial charge in [0.2, 0.25) is 0 Å². The molecule has 1 atom stereocenters. The number of carbonyl (C=O) groups excluding carboxylic acids is 1. The molecule has 0 aromatic heterocycles. The van der Waals surface area contributed by atoms with E-state index in [2.05, 4.69) is 10.2 Å². The molecular formula is C19H22N2O2S. The molecule has 4 nitrogen and oxygen atoms in total. The third kappa shape index (κ3) is 4.03. The smallest absolute Gasteiger partial charge is 0.251 e. The molecule has 2 aromatic rings. The highest BCUT2D eigenvalue weighted by atomic mass is 32.2. The topological polar surface area (TPSA) is 49.4 Å². The molecule has 1 aliphatic heterocycles. The molecule has 5 heteroatoms. The number of hydrogen-bond acceptors (Lipinski definition) is 3. The molecule has 1 aliphatic rings. The summed E-state index contributed by atoms with van der Waals surface area (Å²) in [5, 5.41) is 2.87. The van der Waals surface area contributed by atoms with Crippen LogP contribution >= 0.6 is 0 Å². The van der Waals surface area contributed by atoms with Crippen molar-refractivity contribution in [3.63, 3.8) is 0 Å². The minimum Gasteiger partial charge on any atom is -0.374 e. The Morgan fingerprint density at radius 1 is 1.21 bits per heavy atom. The minimum atomic E-state index is -0.972. The van der Waals surface area contributed by atoms with Gasteiger partial charge in [0.25, 0.3) is 5.91 Å². The van der Waals surface area contributed by atoms with Crippen molar-refractivity contribution in [1.82, 2.24) is 5.32 Å². The van der Waals surface area contributed by atoms with E-state index in [0.29, 0.717) is 23.6 Å². The zero-order chi connectivity index (χ0) is 16.9. The lowest BCUT2D eigenvalue weighted by molar-refractivity contribution is 0.0956. The quantitative estimate of drug-likeness (QED) is 0.877. The third-order valence-corrected chi connectivity index (χ3v) is 5.58. The van der Waals surface area contributed by atoms with Crippen LogP contribution in [0, 0.1) is 0 Å². The number of fused-ring (bicyclic) bond motifs is 1. The van der Waals surface area contributed by atoms with Gasteiger partial charge in [0.05, 0.1) is 0 Å². The molecule has 2 aromatic carbocycles. The van der Waals surface area contributed by atoms with Gasteiger partial charge in [-0.15, -0.1) is 0 Å². The first-order valence-electron chi connectivity index (χ1n) is 8.14. The van der Waals surface area contributed by atoms with Crippen molar-refractivity contribution in [1.29, 1.82) is 0 Å². The molecule has 0 radical (unpaired) electrons. The summed E-state index contributed by atoms with van der Waals surface area (Å²) in [5.41, 5.74) is 4.15. The Morgan fingerprint density at radius 2 is 2.00 bits per heavy atom. The van der Waals surface area contributed by atoms with E-state index in [1.165, 1.54) is 5.56 Å².